The van der Waals surface area contributed by atoms with Crippen molar-refractivity contribution in [1.82, 2.24) is 5.32 Å². The van der Waals surface area contributed by atoms with Gasteiger partial charge >= 0.3 is 12.3 Å². The van der Waals surface area contributed by atoms with Gasteiger partial charge in [-0.1, -0.05) is 38.1 Å². The Kier molecular flexibility index (Phi) is 9.84. The van der Waals surface area contributed by atoms with E-state index in [0.717, 1.165) is 46.4 Å². The predicted octanol–water partition coefficient (Wildman–Crippen LogP) is 7.11. The zero-order valence-electron chi connectivity index (χ0n) is 23.0. The summed E-state index contributed by atoms with van der Waals surface area (Å²) < 4.78 is 47.5. The van der Waals surface area contributed by atoms with E-state index in [1.807, 2.05) is 38.1 Å². The van der Waals surface area contributed by atoms with Crippen molar-refractivity contribution < 1.29 is 37.3 Å². The number of alkyl halides is 3. The number of amides is 1. The van der Waals surface area contributed by atoms with Crippen LogP contribution in [0.4, 0.5) is 13.2 Å². The molecule has 0 unspecified atom stereocenters. The zero-order valence-corrected chi connectivity index (χ0v) is 23.0. The van der Waals surface area contributed by atoms with Crippen molar-refractivity contribution in [3.8, 4) is 22.6 Å². The number of aliphatic carboxylic acids is 1. The fraction of sp³-hybridized carbons (Fsp3) is 0.355. The average molecular weight is 558 g/mol. The van der Waals surface area contributed by atoms with E-state index in [1.54, 1.807) is 24.3 Å². The highest BCUT2D eigenvalue weighted by atomic mass is 19.4. The Morgan fingerprint density at radius 3 is 2.05 bits per heavy atom. The van der Waals surface area contributed by atoms with Gasteiger partial charge < -0.3 is 19.9 Å². The lowest BCUT2D eigenvalue weighted by atomic mass is 9.87. The first-order chi connectivity index (χ1) is 18.7. The Bertz CT molecular complexity index is 1290. The average Bonchev–Trinajstić information content (AvgIpc) is 2.86. The Morgan fingerprint density at radius 1 is 0.900 bits per heavy atom. The molecule has 0 spiro atoms. The highest BCUT2D eigenvalue weighted by molar-refractivity contribution is 5.94. The molecule has 0 atom stereocenters. The molecule has 0 bridgehead atoms. The summed E-state index contributed by atoms with van der Waals surface area (Å²) in [6.45, 7) is 8.69. The van der Waals surface area contributed by atoms with Gasteiger partial charge in [0, 0.05) is 12.1 Å². The highest BCUT2D eigenvalue weighted by Gasteiger charge is 2.31. The van der Waals surface area contributed by atoms with Gasteiger partial charge in [0.15, 0.2) is 0 Å². The van der Waals surface area contributed by atoms with Crippen LogP contribution in [0.15, 0.2) is 60.7 Å². The van der Waals surface area contributed by atoms with Gasteiger partial charge in [0.1, 0.15) is 11.5 Å². The van der Waals surface area contributed by atoms with Crippen molar-refractivity contribution in [3.63, 3.8) is 0 Å². The number of halogens is 3. The van der Waals surface area contributed by atoms with Crippen molar-refractivity contribution in [2.24, 2.45) is 5.41 Å². The van der Waals surface area contributed by atoms with Gasteiger partial charge in [0.05, 0.1) is 13.0 Å². The second-order valence-electron chi connectivity index (χ2n) is 10.6. The molecule has 3 aromatic carbocycles. The Morgan fingerprint density at radius 2 is 1.50 bits per heavy atom. The Hall–Kier alpha value is -4.01. The monoisotopic (exact) mass is 557 g/mol. The van der Waals surface area contributed by atoms with Crippen LogP contribution in [-0.4, -0.2) is 36.5 Å². The lowest BCUT2D eigenvalue weighted by molar-refractivity contribution is -0.274. The number of rotatable bonds is 12. The van der Waals surface area contributed by atoms with Gasteiger partial charge in [-0.25, -0.2) is 0 Å². The van der Waals surface area contributed by atoms with Gasteiger partial charge in [-0.3, -0.25) is 9.59 Å². The smallest absolute Gasteiger partial charge is 0.493 e. The lowest BCUT2D eigenvalue weighted by Gasteiger charge is -2.25. The first-order valence-corrected chi connectivity index (χ1v) is 12.9. The molecular formula is C31H34F3NO5. The molecule has 0 aliphatic carbocycles. The summed E-state index contributed by atoms with van der Waals surface area (Å²) in [7, 11) is 0. The maximum Gasteiger partial charge on any atom is 0.573 e. The lowest BCUT2D eigenvalue weighted by Crippen LogP contribution is -2.26. The molecule has 0 heterocycles. The van der Waals surface area contributed by atoms with E-state index in [2.05, 4.69) is 23.9 Å². The molecule has 40 heavy (non-hydrogen) atoms. The van der Waals surface area contributed by atoms with Gasteiger partial charge in [-0.05, 0) is 96.3 Å². The Labute approximate surface area is 232 Å². The van der Waals surface area contributed by atoms with E-state index < -0.39 is 12.3 Å². The molecule has 0 saturated heterocycles. The Balaban J connectivity index is 1.55. The maximum absolute atomic E-state index is 12.5. The number of nitrogens with one attached hydrogen (secondary N) is 1. The van der Waals surface area contributed by atoms with Crippen LogP contribution in [0, 0.1) is 19.3 Å². The first kappa shape index (κ1) is 30.5. The minimum Gasteiger partial charge on any atom is -0.493 e. The quantitative estimate of drug-likeness (QED) is 0.248. The number of benzene rings is 3. The third-order valence-corrected chi connectivity index (χ3v) is 6.44. The van der Waals surface area contributed by atoms with Gasteiger partial charge in [-0.15, -0.1) is 13.2 Å². The number of carbonyl (C=O) groups is 2. The van der Waals surface area contributed by atoms with E-state index in [4.69, 9.17) is 9.84 Å². The SMILES string of the molecule is Cc1cc(OCC(C)(C)CCc2ccc(C(=O)NCCC(=O)O)cc2)cc(C)c1-c1ccc(OC(F)(F)F)cc1. The molecule has 2 N–H and O–H groups in total. The second kappa shape index (κ2) is 12.9. The van der Waals surface area contributed by atoms with Gasteiger partial charge in [0.25, 0.3) is 5.91 Å². The normalized spacial score (nSPS) is 11.7. The van der Waals surface area contributed by atoms with Gasteiger partial charge in [-0.2, -0.15) is 0 Å². The number of ether oxygens (including phenoxy) is 2. The van der Waals surface area contributed by atoms with E-state index in [1.165, 1.54) is 12.1 Å². The second-order valence-corrected chi connectivity index (χ2v) is 10.6. The van der Waals surface area contributed by atoms with E-state index in [-0.39, 0.29) is 30.0 Å². The van der Waals surface area contributed by atoms with Crippen LogP contribution in [0.25, 0.3) is 11.1 Å². The highest BCUT2D eigenvalue weighted by Crippen LogP contribution is 2.34. The minimum atomic E-state index is -4.73. The summed E-state index contributed by atoms with van der Waals surface area (Å²) in [6.07, 6.45) is -3.21. The molecule has 214 valence electrons. The van der Waals surface area contributed by atoms with Crippen molar-refractivity contribution in [2.45, 2.75) is 53.3 Å². The number of carboxylic acids is 1. The van der Waals surface area contributed by atoms with Crippen LogP contribution in [0.5, 0.6) is 11.5 Å². The molecule has 0 fully saturated rings. The largest absolute Gasteiger partial charge is 0.573 e. The molecule has 1 amide bonds. The first-order valence-electron chi connectivity index (χ1n) is 12.9. The molecule has 0 aromatic heterocycles. The third kappa shape index (κ3) is 9.32. The van der Waals surface area contributed by atoms with Crippen LogP contribution >= 0.6 is 0 Å². The molecule has 3 aromatic rings. The van der Waals surface area contributed by atoms with Crippen molar-refractivity contribution in [1.29, 1.82) is 0 Å². The third-order valence-electron chi connectivity index (χ3n) is 6.44. The molecule has 3 rings (SSSR count). The zero-order chi connectivity index (χ0) is 29.5. The standard InChI is InChI=1S/C31H34F3NO5/c1-20-17-26(18-21(2)28(20)23-9-11-25(12-10-23)40-31(32,33)34)39-19-30(3,4)15-13-22-5-7-24(8-6-22)29(38)35-16-14-27(36)37/h5-12,17-18H,13-16,19H2,1-4H3,(H,35,38)(H,36,37). The summed E-state index contributed by atoms with van der Waals surface area (Å²) in [6, 6.07) is 17.0. The fourth-order valence-corrected chi connectivity index (χ4v) is 4.33. The molecule has 6 nitrogen and oxygen atoms in total. The summed E-state index contributed by atoms with van der Waals surface area (Å²) >= 11 is 0. The molecule has 9 heteroatoms. The number of carbonyl (C=O) groups excluding carboxylic acids is 1. The van der Waals surface area contributed by atoms with Crippen molar-refractivity contribution in [3.05, 3.63) is 82.9 Å². The van der Waals surface area contributed by atoms with E-state index >= 15 is 0 Å². The summed E-state index contributed by atoms with van der Waals surface area (Å²) in [5, 5.41) is 11.3. The number of hydrogen-bond acceptors (Lipinski definition) is 4. The van der Waals surface area contributed by atoms with Crippen molar-refractivity contribution >= 4 is 11.9 Å². The molecule has 0 aliphatic heterocycles. The van der Waals surface area contributed by atoms with Crippen molar-refractivity contribution in [2.75, 3.05) is 13.2 Å². The topological polar surface area (TPSA) is 84.9 Å². The summed E-state index contributed by atoms with van der Waals surface area (Å²) in [5.74, 6) is -0.799. The van der Waals surface area contributed by atoms with Crippen LogP contribution in [0.2, 0.25) is 0 Å². The van der Waals surface area contributed by atoms with E-state index in [0.29, 0.717) is 12.2 Å². The summed E-state index contributed by atoms with van der Waals surface area (Å²) in [5.41, 5.74) is 5.05. The molecule has 0 radical (unpaired) electrons. The summed E-state index contributed by atoms with van der Waals surface area (Å²) in [4.78, 5) is 22.7. The number of aryl methyl sites for hydroxylation is 3. The number of hydrogen-bond donors (Lipinski definition) is 2. The van der Waals surface area contributed by atoms with E-state index in [9.17, 15) is 22.8 Å². The minimum absolute atomic E-state index is 0.0831. The number of carboxylic acid groups (broad SMARTS) is 1. The molecule has 0 aliphatic rings. The van der Waals surface area contributed by atoms with Crippen LogP contribution in [0.3, 0.4) is 0 Å². The molecular weight excluding hydrogens is 523 g/mol. The fourth-order valence-electron chi connectivity index (χ4n) is 4.33. The van der Waals surface area contributed by atoms with Gasteiger partial charge in [0.2, 0.25) is 0 Å². The van der Waals surface area contributed by atoms with Crippen LogP contribution in [-0.2, 0) is 11.2 Å². The predicted molar refractivity (Wildman–Crippen MR) is 147 cm³/mol. The van der Waals surface area contributed by atoms with Crippen LogP contribution < -0.4 is 14.8 Å². The van der Waals surface area contributed by atoms with Crippen LogP contribution in [0.1, 0.15) is 53.7 Å². The molecule has 0 saturated carbocycles. The maximum atomic E-state index is 12.5.